The summed E-state index contributed by atoms with van der Waals surface area (Å²) < 4.78 is 0. The zero-order chi connectivity index (χ0) is 9.90. The van der Waals surface area contributed by atoms with E-state index in [1.807, 2.05) is 6.08 Å². The Morgan fingerprint density at radius 1 is 1.46 bits per heavy atom. The summed E-state index contributed by atoms with van der Waals surface area (Å²) in [7, 11) is 0. The molecule has 0 aromatic rings. The maximum absolute atomic E-state index is 9.81. The molecule has 0 saturated heterocycles. The third-order valence-electron chi connectivity index (χ3n) is 3.73. The molecule has 74 valence electrons. The molecule has 1 aliphatic rings. The highest BCUT2D eigenvalue weighted by molar-refractivity contribution is 4.98. The molecule has 1 saturated carbocycles. The molecule has 13 heavy (non-hydrogen) atoms. The van der Waals surface area contributed by atoms with Crippen molar-refractivity contribution in [3.8, 4) is 0 Å². The van der Waals surface area contributed by atoms with Crippen LogP contribution in [0.15, 0.2) is 17.3 Å². The number of hydrogen-bond donors (Lipinski definition) is 0. The molecular formula is C11H19NO. The minimum Gasteiger partial charge on any atom is -0.150 e. The van der Waals surface area contributed by atoms with Crippen molar-refractivity contribution in [3.05, 3.63) is 17.1 Å². The predicted octanol–water partition coefficient (Wildman–Crippen LogP) is 3.38. The molecule has 0 spiro atoms. The van der Waals surface area contributed by atoms with Crippen molar-refractivity contribution in [2.45, 2.75) is 33.6 Å². The van der Waals surface area contributed by atoms with Gasteiger partial charge in [-0.1, -0.05) is 38.1 Å². The first kappa shape index (κ1) is 10.4. The van der Waals surface area contributed by atoms with E-state index in [4.69, 9.17) is 0 Å². The van der Waals surface area contributed by atoms with E-state index in [0.717, 1.165) is 18.3 Å². The first-order valence-corrected chi connectivity index (χ1v) is 5.03. The SMILES string of the molecule is CC1CC(C/C=C\CN=O)C1(C)C. The lowest BCUT2D eigenvalue weighted by Gasteiger charge is -2.51. The summed E-state index contributed by atoms with van der Waals surface area (Å²) in [5, 5.41) is 2.79. The molecule has 2 atom stereocenters. The Morgan fingerprint density at radius 3 is 2.62 bits per heavy atom. The molecular weight excluding hydrogens is 162 g/mol. The molecule has 2 unspecified atom stereocenters. The third-order valence-corrected chi connectivity index (χ3v) is 3.73. The highest BCUT2D eigenvalue weighted by Crippen LogP contribution is 2.52. The minimum absolute atomic E-state index is 0.322. The van der Waals surface area contributed by atoms with Crippen LogP contribution in [0.5, 0.6) is 0 Å². The van der Waals surface area contributed by atoms with E-state index in [9.17, 15) is 4.91 Å². The Bertz CT molecular complexity index is 208. The van der Waals surface area contributed by atoms with Crippen LogP contribution in [0.4, 0.5) is 0 Å². The molecule has 0 N–H and O–H groups in total. The Hall–Kier alpha value is -0.660. The molecule has 0 bridgehead atoms. The molecule has 0 aromatic heterocycles. The summed E-state index contributed by atoms with van der Waals surface area (Å²) >= 11 is 0. The van der Waals surface area contributed by atoms with E-state index in [0.29, 0.717) is 12.0 Å². The van der Waals surface area contributed by atoms with Gasteiger partial charge in [-0.3, -0.25) is 0 Å². The third kappa shape index (κ3) is 2.17. The molecule has 0 heterocycles. The van der Waals surface area contributed by atoms with Crippen molar-refractivity contribution >= 4 is 0 Å². The Kier molecular flexibility index (Phi) is 3.23. The zero-order valence-electron chi connectivity index (χ0n) is 8.79. The van der Waals surface area contributed by atoms with Gasteiger partial charge in [0.2, 0.25) is 0 Å². The number of rotatable bonds is 4. The van der Waals surface area contributed by atoms with Crippen LogP contribution in [0.3, 0.4) is 0 Å². The normalized spacial score (nSPS) is 31.6. The smallest absolute Gasteiger partial charge is 0.0992 e. The maximum atomic E-state index is 9.81. The monoisotopic (exact) mass is 181 g/mol. The van der Waals surface area contributed by atoms with Crippen LogP contribution >= 0.6 is 0 Å². The summed E-state index contributed by atoms with van der Waals surface area (Å²) in [6.07, 6.45) is 6.39. The molecule has 0 radical (unpaired) electrons. The van der Waals surface area contributed by atoms with Crippen LogP contribution in [-0.4, -0.2) is 6.54 Å². The fourth-order valence-electron chi connectivity index (χ4n) is 2.05. The van der Waals surface area contributed by atoms with E-state index < -0.39 is 0 Å². The van der Waals surface area contributed by atoms with Gasteiger partial charge in [0.1, 0.15) is 0 Å². The zero-order valence-corrected chi connectivity index (χ0v) is 8.79. The highest BCUT2D eigenvalue weighted by Gasteiger charge is 2.43. The quantitative estimate of drug-likeness (QED) is 0.483. The maximum Gasteiger partial charge on any atom is 0.0992 e. The van der Waals surface area contributed by atoms with Gasteiger partial charge in [0.05, 0.1) is 6.54 Å². The molecule has 2 heteroatoms. The van der Waals surface area contributed by atoms with Gasteiger partial charge in [0, 0.05) is 0 Å². The number of nitroso groups, excluding NO2 is 1. The summed E-state index contributed by atoms with van der Waals surface area (Å²) in [4.78, 5) is 9.81. The van der Waals surface area contributed by atoms with Crippen LogP contribution in [0.2, 0.25) is 0 Å². The second-order valence-corrected chi connectivity index (χ2v) is 4.67. The van der Waals surface area contributed by atoms with E-state index in [2.05, 4.69) is 32.0 Å². The van der Waals surface area contributed by atoms with E-state index >= 15 is 0 Å². The van der Waals surface area contributed by atoms with E-state index in [1.54, 1.807) is 0 Å². The molecule has 0 amide bonds. The number of nitrogens with zero attached hydrogens (tertiary/aromatic N) is 1. The molecule has 0 aliphatic heterocycles. The summed E-state index contributed by atoms with van der Waals surface area (Å²) in [6, 6.07) is 0. The van der Waals surface area contributed by atoms with Crippen LogP contribution < -0.4 is 0 Å². The number of hydrogen-bond acceptors (Lipinski definition) is 2. The molecule has 0 aromatic carbocycles. The topological polar surface area (TPSA) is 29.4 Å². The first-order valence-electron chi connectivity index (χ1n) is 5.03. The van der Waals surface area contributed by atoms with Crippen LogP contribution in [0.1, 0.15) is 33.6 Å². The fraction of sp³-hybridized carbons (Fsp3) is 0.818. The van der Waals surface area contributed by atoms with E-state index in [-0.39, 0.29) is 0 Å². The Morgan fingerprint density at radius 2 is 2.15 bits per heavy atom. The van der Waals surface area contributed by atoms with Gasteiger partial charge in [-0.15, -0.1) is 0 Å². The largest absolute Gasteiger partial charge is 0.150 e. The van der Waals surface area contributed by atoms with Crippen molar-refractivity contribution in [1.29, 1.82) is 0 Å². The summed E-state index contributed by atoms with van der Waals surface area (Å²) in [5.41, 5.74) is 0.485. The fourth-order valence-corrected chi connectivity index (χ4v) is 2.05. The van der Waals surface area contributed by atoms with Gasteiger partial charge in [0.15, 0.2) is 0 Å². The average molecular weight is 181 g/mol. The highest BCUT2D eigenvalue weighted by atomic mass is 16.3. The standard InChI is InChI=1S/C11H19NO/c1-9-8-10(11(9,2)3)6-4-5-7-12-13/h4-5,9-10H,6-8H2,1-3H3/b5-4-. The predicted molar refractivity (Wildman–Crippen MR) is 55.5 cm³/mol. The van der Waals surface area contributed by atoms with Gasteiger partial charge < -0.3 is 0 Å². The Labute approximate surface area is 80.4 Å². The molecule has 2 nitrogen and oxygen atoms in total. The first-order chi connectivity index (χ1) is 6.09. The van der Waals surface area contributed by atoms with Crippen LogP contribution in [0.25, 0.3) is 0 Å². The second kappa shape index (κ2) is 4.03. The van der Waals surface area contributed by atoms with Gasteiger partial charge in [-0.05, 0) is 30.1 Å². The van der Waals surface area contributed by atoms with Crippen molar-refractivity contribution < 1.29 is 0 Å². The van der Waals surface area contributed by atoms with Crippen molar-refractivity contribution in [1.82, 2.24) is 0 Å². The van der Waals surface area contributed by atoms with Crippen molar-refractivity contribution in [3.63, 3.8) is 0 Å². The lowest BCUT2D eigenvalue weighted by molar-refractivity contribution is -0.00534. The van der Waals surface area contributed by atoms with Gasteiger partial charge in [-0.25, -0.2) is 0 Å². The van der Waals surface area contributed by atoms with Gasteiger partial charge in [0.25, 0.3) is 0 Å². The van der Waals surface area contributed by atoms with Gasteiger partial charge in [-0.2, -0.15) is 4.91 Å². The Balaban J connectivity index is 2.28. The molecule has 1 rings (SSSR count). The van der Waals surface area contributed by atoms with E-state index in [1.165, 1.54) is 6.42 Å². The van der Waals surface area contributed by atoms with Crippen molar-refractivity contribution in [2.24, 2.45) is 22.4 Å². The minimum atomic E-state index is 0.322. The lowest BCUT2D eigenvalue weighted by atomic mass is 9.54. The number of allylic oxidation sites excluding steroid dienone is 1. The average Bonchev–Trinajstić information content (AvgIpc) is 2.10. The molecule has 1 aliphatic carbocycles. The van der Waals surface area contributed by atoms with Crippen LogP contribution in [0, 0.1) is 22.2 Å². The summed E-state index contributed by atoms with van der Waals surface area (Å²) in [5.74, 6) is 1.64. The molecule has 1 fully saturated rings. The summed E-state index contributed by atoms with van der Waals surface area (Å²) in [6.45, 7) is 7.30. The van der Waals surface area contributed by atoms with Gasteiger partial charge >= 0.3 is 0 Å². The lowest BCUT2D eigenvalue weighted by Crippen LogP contribution is -2.42. The van der Waals surface area contributed by atoms with Crippen molar-refractivity contribution in [2.75, 3.05) is 6.54 Å². The second-order valence-electron chi connectivity index (χ2n) is 4.67. The van der Waals surface area contributed by atoms with Crippen LogP contribution in [-0.2, 0) is 0 Å².